The van der Waals surface area contributed by atoms with Crippen molar-refractivity contribution >= 4 is 11.9 Å². The van der Waals surface area contributed by atoms with Crippen LogP contribution >= 0.6 is 0 Å². The van der Waals surface area contributed by atoms with Crippen LogP contribution in [0.2, 0.25) is 0 Å². The van der Waals surface area contributed by atoms with Crippen LogP contribution in [0.4, 0.5) is 4.39 Å². The third-order valence-electron chi connectivity index (χ3n) is 4.10. The van der Waals surface area contributed by atoms with E-state index in [-0.39, 0.29) is 11.1 Å². The lowest BCUT2D eigenvalue weighted by atomic mass is 10.0. The van der Waals surface area contributed by atoms with E-state index in [1.807, 2.05) is 30.6 Å². The minimum absolute atomic E-state index is 0.124. The molecule has 2 heterocycles. The molecule has 130 valence electrons. The molecule has 0 bridgehead atoms. The van der Waals surface area contributed by atoms with Crippen LogP contribution in [-0.4, -0.2) is 15.5 Å². The predicted octanol–water partition coefficient (Wildman–Crippen LogP) is 4.32. The van der Waals surface area contributed by atoms with Crippen molar-refractivity contribution in [3.05, 3.63) is 76.1 Å². The molecule has 0 atom stereocenters. The molecule has 3 rings (SSSR count). The van der Waals surface area contributed by atoms with E-state index in [9.17, 15) is 14.4 Å². The Bertz CT molecular complexity index is 1070. The molecule has 0 radical (unpaired) electrons. The Balaban J connectivity index is 2.05. The van der Waals surface area contributed by atoms with Gasteiger partial charge in [-0.1, -0.05) is 17.3 Å². The first-order valence-electron chi connectivity index (χ1n) is 7.96. The lowest BCUT2D eigenvalue weighted by Crippen LogP contribution is -2.05. The zero-order valence-electron chi connectivity index (χ0n) is 14.6. The SMILES string of the molecule is Cc1cc(-n2c(C)cc(/C=C(\C#N)C(=O)c3ccccc3F)c2C)no1. The number of carbonyl (C=O) groups is 1. The number of hydrogen-bond acceptors (Lipinski definition) is 4. The maximum Gasteiger partial charge on any atom is 0.206 e. The molecule has 0 aliphatic carbocycles. The molecule has 0 amide bonds. The van der Waals surface area contributed by atoms with Crippen LogP contribution in [0, 0.1) is 37.9 Å². The van der Waals surface area contributed by atoms with Gasteiger partial charge in [0.25, 0.3) is 0 Å². The largest absolute Gasteiger partial charge is 0.360 e. The van der Waals surface area contributed by atoms with Gasteiger partial charge in [-0.05, 0) is 50.6 Å². The molecule has 3 aromatic rings. The number of carbonyl (C=O) groups excluding carboxylic acids is 1. The fourth-order valence-corrected chi connectivity index (χ4v) is 2.84. The Hall–Kier alpha value is -3.46. The highest BCUT2D eigenvalue weighted by Gasteiger charge is 2.18. The van der Waals surface area contributed by atoms with Gasteiger partial charge in [-0.25, -0.2) is 4.39 Å². The number of benzene rings is 1. The standard InChI is InChI=1S/C20H16FN3O2/c1-12-8-15(14(3)24(12)19-9-13(2)26-23-19)10-16(11-22)20(25)17-6-4-5-7-18(17)21/h4-10H,1-3H3/b16-10+. The summed E-state index contributed by atoms with van der Waals surface area (Å²) in [5.74, 6) is 0.00278. The number of Topliss-reactive ketones (excluding diaryl/α,β-unsaturated/α-hetero) is 1. The molecule has 1 aromatic carbocycles. The number of rotatable bonds is 4. The molecule has 6 heteroatoms. The van der Waals surface area contributed by atoms with Crippen LogP contribution in [0.25, 0.3) is 11.9 Å². The predicted molar refractivity (Wildman–Crippen MR) is 94.4 cm³/mol. The minimum atomic E-state index is -0.651. The molecule has 0 aliphatic rings. The summed E-state index contributed by atoms with van der Waals surface area (Å²) < 4.78 is 20.8. The van der Waals surface area contributed by atoms with E-state index in [4.69, 9.17) is 4.52 Å². The molecule has 0 aliphatic heterocycles. The number of aromatic nitrogens is 2. The van der Waals surface area contributed by atoms with E-state index >= 15 is 0 Å². The number of ketones is 1. The number of nitrogens with zero attached hydrogens (tertiary/aromatic N) is 3. The number of allylic oxidation sites excluding steroid dienone is 1. The fraction of sp³-hybridized carbons (Fsp3) is 0.150. The lowest BCUT2D eigenvalue weighted by molar-refractivity contribution is 0.103. The number of aryl methyl sites for hydroxylation is 2. The summed E-state index contributed by atoms with van der Waals surface area (Å²) in [6, 6.07) is 11.1. The van der Waals surface area contributed by atoms with Crippen molar-refractivity contribution < 1.29 is 13.7 Å². The smallest absolute Gasteiger partial charge is 0.206 e. The van der Waals surface area contributed by atoms with Crippen molar-refractivity contribution in [2.75, 3.05) is 0 Å². The van der Waals surface area contributed by atoms with Crippen molar-refractivity contribution in [2.45, 2.75) is 20.8 Å². The summed E-state index contributed by atoms with van der Waals surface area (Å²) >= 11 is 0. The van der Waals surface area contributed by atoms with E-state index in [2.05, 4.69) is 5.16 Å². The van der Waals surface area contributed by atoms with Gasteiger partial charge in [0.2, 0.25) is 5.78 Å². The van der Waals surface area contributed by atoms with E-state index in [0.29, 0.717) is 17.1 Å². The number of hydrogen-bond donors (Lipinski definition) is 0. The summed E-state index contributed by atoms with van der Waals surface area (Å²) in [6.45, 7) is 5.54. The molecule has 2 aromatic heterocycles. The van der Waals surface area contributed by atoms with Crippen molar-refractivity contribution in [2.24, 2.45) is 0 Å². The zero-order chi connectivity index (χ0) is 18.8. The maximum absolute atomic E-state index is 13.9. The quantitative estimate of drug-likeness (QED) is 0.399. The van der Waals surface area contributed by atoms with Crippen LogP contribution in [-0.2, 0) is 0 Å². The molecule has 0 unspecified atom stereocenters. The first-order chi connectivity index (χ1) is 12.4. The summed E-state index contributed by atoms with van der Waals surface area (Å²) in [4.78, 5) is 12.5. The van der Waals surface area contributed by atoms with E-state index < -0.39 is 11.6 Å². The average molecular weight is 349 g/mol. The van der Waals surface area contributed by atoms with Crippen molar-refractivity contribution in [1.29, 1.82) is 5.26 Å². The Morgan fingerprint density at radius 2 is 2.00 bits per heavy atom. The third-order valence-corrected chi connectivity index (χ3v) is 4.10. The van der Waals surface area contributed by atoms with Crippen LogP contribution in [0.3, 0.4) is 0 Å². The summed E-state index contributed by atoms with van der Waals surface area (Å²) in [5, 5.41) is 13.4. The highest BCUT2D eigenvalue weighted by molar-refractivity contribution is 6.14. The monoisotopic (exact) mass is 349 g/mol. The normalized spacial score (nSPS) is 11.4. The topological polar surface area (TPSA) is 71.8 Å². The van der Waals surface area contributed by atoms with Gasteiger partial charge >= 0.3 is 0 Å². The van der Waals surface area contributed by atoms with Crippen LogP contribution in [0.15, 0.2) is 46.5 Å². The van der Waals surface area contributed by atoms with E-state index in [1.54, 1.807) is 19.1 Å². The Kier molecular flexibility index (Phi) is 4.55. The zero-order valence-corrected chi connectivity index (χ0v) is 14.6. The van der Waals surface area contributed by atoms with E-state index in [0.717, 1.165) is 11.4 Å². The summed E-state index contributed by atoms with van der Waals surface area (Å²) in [6.07, 6.45) is 1.47. The van der Waals surface area contributed by atoms with Gasteiger partial charge in [0, 0.05) is 17.5 Å². The average Bonchev–Trinajstić information content (AvgIpc) is 3.15. The lowest BCUT2D eigenvalue weighted by Gasteiger charge is -2.04. The van der Waals surface area contributed by atoms with Crippen LogP contribution < -0.4 is 0 Å². The second-order valence-corrected chi connectivity index (χ2v) is 5.94. The summed E-state index contributed by atoms with van der Waals surface area (Å²) in [7, 11) is 0. The Labute approximate surface area is 150 Å². The van der Waals surface area contributed by atoms with Crippen LogP contribution in [0.1, 0.15) is 33.1 Å². The van der Waals surface area contributed by atoms with Gasteiger partial charge < -0.3 is 4.52 Å². The molecular formula is C20H16FN3O2. The summed E-state index contributed by atoms with van der Waals surface area (Å²) in [5.41, 5.74) is 2.10. The molecular weight excluding hydrogens is 333 g/mol. The molecule has 26 heavy (non-hydrogen) atoms. The maximum atomic E-state index is 13.9. The van der Waals surface area contributed by atoms with E-state index in [1.165, 1.54) is 24.3 Å². The van der Waals surface area contributed by atoms with Crippen LogP contribution in [0.5, 0.6) is 0 Å². The minimum Gasteiger partial charge on any atom is -0.360 e. The second kappa shape index (κ2) is 6.81. The molecule has 0 fully saturated rings. The first-order valence-corrected chi connectivity index (χ1v) is 7.96. The van der Waals surface area contributed by atoms with Gasteiger partial charge in [0.1, 0.15) is 23.2 Å². The Morgan fingerprint density at radius 3 is 2.62 bits per heavy atom. The van der Waals surface area contributed by atoms with Gasteiger partial charge in [-0.2, -0.15) is 5.26 Å². The van der Waals surface area contributed by atoms with Crippen molar-refractivity contribution in [3.63, 3.8) is 0 Å². The molecule has 0 spiro atoms. The molecule has 0 saturated carbocycles. The second-order valence-electron chi connectivity index (χ2n) is 5.94. The highest BCUT2D eigenvalue weighted by atomic mass is 19.1. The number of nitriles is 1. The van der Waals surface area contributed by atoms with Gasteiger partial charge in [0.15, 0.2) is 5.82 Å². The molecule has 5 nitrogen and oxygen atoms in total. The first kappa shape index (κ1) is 17.4. The highest BCUT2D eigenvalue weighted by Crippen LogP contribution is 2.23. The van der Waals surface area contributed by atoms with Gasteiger partial charge in [-0.15, -0.1) is 0 Å². The van der Waals surface area contributed by atoms with Gasteiger partial charge in [0.05, 0.1) is 5.56 Å². The third kappa shape index (κ3) is 3.07. The fourth-order valence-electron chi connectivity index (χ4n) is 2.84. The van der Waals surface area contributed by atoms with Crippen molar-refractivity contribution in [3.8, 4) is 11.9 Å². The Morgan fingerprint density at radius 1 is 1.27 bits per heavy atom. The van der Waals surface area contributed by atoms with Gasteiger partial charge in [-0.3, -0.25) is 9.36 Å². The molecule has 0 N–H and O–H groups in total. The molecule has 0 saturated heterocycles. The number of halogens is 1. The van der Waals surface area contributed by atoms with Crippen molar-refractivity contribution in [1.82, 2.24) is 9.72 Å².